The minimum absolute atomic E-state index is 0.0367. The van der Waals surface area contributed by atoms with E-state index in [9.17, 15) is 14.0 Å². The van der Waals surface area contributed by atoms with E-state index < -0.39 is 0 Å². The van der Waals surface area contributed by atoms with Crippen LogP contribution < -0.4 is 5.32 Å². The van der Waals surface area contributed by atoms with E-state index in [-0.39, 0.29) is 23.5 Å². The van der Waals surface area contributed by atoms with E-state index in [2.05, 4.69) is 34.5 Å². The first-order valence-electron chi connectivity index (χ1n) is 11.7. The summed E-state index contributed by atoms with van der Waals surface area (Å²) < 4.78 is 13.0. The molecule has 1 heterocycles. The third-order valence-electron chi connectivity index (χ3n) is 6.33. The van der Waals surface area contributed by atoms with Gasteiger partial charge in [-0.1, -0.05) is 60.7 Å². The van der Waals surface area contributed by atoms with E-state index in [0.717, 1.165) is 24.2 Å². The van der Waals surface area contributed by atoms with Gasteiger partial charge < -0.3 is 10.2 Å². The molecule has 6 heteroatoms. The topological polar surface area (TPSA) is 52.7 Å². The Morgan fingerprint density at radius 3 is 1.91 bits per heavy atom. The number of halogens is 1. The summed E-state index contributed by atoms with van der Waals surface area (Å²) in [5.74, 6) is -0.360. The number of carbonyl (C=O) groups is 2. The van der Waals surface area contributed by atoms with Crippen LogP contribution in [0.4, 0.5) is 4.39 Å². The molecule has 1 aliphatic rings. The van der Waals surface area contributed by atoms with E-state index >= 15 is 0 Å². The number of benzene rings is 3. The number of carbonyl (C=O) groups excluding carboxylic acids is 2. The lowest BCUT2D eigenvalue weighted by molar-refractivity contribution is -0.133. The zero-order valence-corrected chi connectivity index (χ0v) is 19.2. The van der Waals surface area contributed by atoms with E-state index in [0.29, 0.717) is 38.2 Å². The maximum atomic E-state index is 13.2. The summed E-state index contributed by atoms with van der Waals surface area (Å²) in [6.45, 7) is 4.14. The van der Waals surface area contributed by atoms with Crippen LogP contribution in [0.1, 0.15) is 33.8 Å². The fraction of sp³-hybridized carbons (Fsp3) is 0.286. The first-order valence-corrected chi connectivity index (χ1v) is 11.7. The normalized spacial score (nSPS) is 14.2. The maximum Gasteiger partial charge on any atom is 0.251 e. The Hall–Kier alpha value is -3.51. The van der Waals surface area contributed by atoms with Crippen LogP contribution in [0.2, 0.25) is 0 Å². The maximum absolute atomic E-state index is 13.2. The van der Waals surface area contributed by atoms with Gasteiger partial charge in [-0.25, -0.2) is 4.39 Å². The van der Waals surface area contributed by atoms with E-state index in [1.54, 1.807) is 0 Å². The van der Waals surface area contributed by atoms with Crippen LogP contribution in [-0.4, -0.2) is 60.9 Å². The van der Waals surface area contributed by atoms with Crippen molar-refractivity contribution in [2.24, 2.45) is 0 Å². The molecule has 1 saturated heterocycles. The minimum Gasteiger partial charge on any atom is -0.351 e. The third kappa shape index (κ3) is 6.29. The molecule has 2 amide bonds. The fourth-order valence-corrected chi connectivity index (χ4v) is 4.35. The van der Waals surface area contributed by atoms with Gasteiger partial charge in [-0.05, 0) is 35.4 Å². The van der Waals surface area contributed by atoms with Gasteiger partial charge in [0.2, 0.25) is 5.91 Å². The van der Waals surface area contributed by atoms with E-state index in [1.807, 2.05) is 41.3 Å². The molecule has 0 radical (unpaired) electrons. The highest BCUT2D eigenvalue weighted by Gasteiger charge is 2.25. The Bertz CT molecular complexity index is 1030. The molecule has 0 aliphatic carbocycles. The number of nitrogens with zero attached hydrogens (tertiary/aromatic N) is 2. The van der Waals surface area contributed by atoms with Gasteiger partial charge in [0.25, 0.3) is 5.91 Å². The molecule has 3 aromatic carbocycles. The SMILES string of the molecule is O=C(NCCN1CCN(C(=O)CC(c2ccccc2)c2ccccc2)CC1)c1ccc(F)cc1. The monoisotopic (exact) mass is 459 g/mol. The largest absolute Gasteiger partial charge is 0.351 e. The molecule has 0 bridgehead atoms. The molecule has 1 fully saturated rings. The van der Waals surface area contributed by atoms with Crippen molar-refractivity contribution in [1.29, 1.82) is 0 Å². The van der Waals surface area contributed by atoms with Gasteiger partial charge in [0.05, 0.1) is 0 Å². The molecule has 0 spiro atoms. The lowest BCUT2D eigenvalue weighted by atomic mass is 9.88. The summed E-state index contributed by atoms with van der Waals surface area (Å²) in [5.41, 5.74) is 2.75. The second kappa shape index (κ2) is 11.6. The summed E-state index contributed by atoms with van der Waals surface area (Å²) >= 11 is 0. The van der Waals surface area contributed by atoms with Crippen molar-refractivity contribution in [3.63, 3.8) is 0 Å². The molecule has 0 atom stereocenters. The number of nitrogens with one attached hydrogen (secondary N) is 1. The molecule has 0 aromatic heterocycles. The van der Waals surface area contributed by atoms with Crippen molar-refractivity contribution in [1.82, 2.24) is 15.1 Å². The van der Waals surface area contributed by atoms with Crippen LogP contribution in [-0.2, 0) is 4.79 Å². The molecule has 34 heavy (non-hydrogen) atoms. The standard InChI is InChI=1S/C28H30FN3O2/c29-25-13-11-24(12-14-25)28(34)30-15-16-31-17-19-32(20-18-31)27(33)21-26(22-7-3-1-4-8-22)23-9-5-2-6-10-23/h1-14,26H,15-21H2,(H,30,34). The molecule has 4 rings (SSSR count). The average Bonchev–Trinajstić information content (AvgIpc) is 2.89. The lowest BCUT2D eigenvalue weighted by Crippen LogP contribution is -2.50. The molecule has 0 unspecified atom stereocenters. The molecule has 1 aliphatic heterocycles. The Kier molecular flexibility index (Phi) is 8.04. The van der Waals surface area contributed by atoms with Crippen molar-refractivity contribution in [3.05, 3.63) is 107 Å². The predicted molar refractivity (Wildman–Crippen MR) is 131 cm³/mol. The quantitative estimate of drug-likeness (QED) is 0.556. The van der Waals surface area contributed by atoms with Crippen LogP contribution in [0.5, 0.6) is 0 Å². The summed E-state index contributed by atoms with van der Waals surface area (Å²) in [6.07, 6.45) is 0.446. The molecular weight excluding hydrogens is 429 g/mol. The minimum atomic E-state index is -0.358. The van der Waals surface area contributed by atoms with E-state index in [1.165, 1.54) is 24.3 Å². The third-order valence-corrected chi connectivity index (χ3v) is 6.33. The molecule has 3 aromatic rings. The molecule has 0 saturated carbocycles. The molecule has 5 nitrogen and oxygen atoms in total. The molecule has 1 N–H and O–H groups in total. The predicted octanol–water partition coefficient (Wildman–Crippen LogP) is 3.92. The van der Waals surface area contributed by atoms with E-state index in [4.69, 9.17) is 0 Å². The fourth-order valence-electron chi connectivity index (χ4n) is 4.35. The highest BCUT2D eigenvalue weighted by Crippen LogP contribution is 2.28. The zero-order valence-electron chi connectivity index (χ0n) is 19.2. The molecular formula is C28H30FN3O2. The second-order valence-corrected chi connectivity index (χ2v) is 8.56. The number of rotatable bonds is 8. The number of hydrogen-bond acceptors (Lipinski definition) is 3. The van der Waals surface area contributed by atoms with Crippen LogP contribution >= 0.6 is 0 Å². The lowest BCUT2D eigenvalue weighted by Gasteiger charge is -2.35. The second-order valence-electron chi connectivity index (χ2n) is 8.56. The summed E-state index contributed by atoms with van der Waals surface area (Å²) in [6, 6.07) is 25.9. The highest BCUT2D eigenvalue weighted by molar-refractivity contribution is 5.94. The smallest absolute Gasteiger partial charge is 0.251 e. The Morgan fingerprint density at radius 1 is 0.794 bits per heavy atom. The van der Waals surface area contributed by atoms with Crippen molar-refractivity contribution in [2.75, 3.05) is 39.3 Å². The van der Waals surface area contributed by atoms with Gasteiger partial charge >= 0.3 is 0 Å². The van der Waals surface area contributed by atoms with Crippen LogP contribution in [0, 0.1) is 5.82 Å². The Labute approximate surface area is 200 Å². The van der Waals surface area contributed by atoms with Crippen molar-refractivity contribution >= 4 is 11.8 Å². The Morgan fingerprint density at radius 2 is 1.35 bits per heavy atom. The summed E-state index contributed by atoms with van der Waals surface area (Å²) in [4.78, 5) is 29.5. The van der Waals surface area contributed by atoms with Gasteiger partial charge in [-0.15, -0.1) is 0 Å². The Balaban J connectivity index is 1.26. The van der Waals surface area contributed by atoms with Crippen LogP contribution in [0.3, 0.4) is 0 Å². The van der Waals surface area contributed by atoms with Gasteiger partial charge in [0.15, 0.2) is 0 Å². The van der Waals surface area contributed by atoms with Gasteiger partial charge in [0.1, 0.15) is 5.82 Å². The van der Waals surface area contributed by atoms with Crippen LogP contribution in [0.15, 0.2) is 84.9 Å². The van der Waals surface area contributed by atoms with Crippen molar-refractivity contribution < 1.29 is 14.0 Å². The van der Waals surface area contributed by atoms with Gasteiger partial charge in [0, 0.05) is 57.2 Å². The summed E-state index contributed by atoms with van der Waals surface area (Å²) in [5, 5.41) is 2.88. The first kappa shape index (κ1) is 23.6. The van der Waals surface area contributed by atoms with Gasteiger partial charge in [-0.2, -0.15) is 0 Å². The summed E-state index contributed by atoms with van der Waals surface area (Å²) in [7, 11) is 0. The molecule has 176 valence electrons. The van der Waals surface area contributed by atoms with Crippen molar-refractivity contribution in [3.8, 4) is 0 Å². The van der Waals surface area contributed by atoms with Gasteiger partial charge in [-0.3, -0.25) is 14.5 Å². The van der Waals surface area contributed by atoms with Crippen molar-refractivity contribution in [2.45, 2.75) is 12.3 Å². The highest BCUT2D eigenvalue weighted by atomic mass is 19.1. The number of hydrogen-bond donors (Lipinski definition) is 1. The first-order chi connectivity index (χ1) is 16.6. The average molecular weight is 460 g/mol. The number of piperazine rings is 1. The number of amides is 2. The zero-order chi connectivity index (χ0) is 23.8. The van der Waals surface area contributed by atoms with Crippen LogP contribution in [0.25, 0.3) is 0 Å².